The molecule has 1 atom stereocenters. The number of aromatic nitrogens is 2. The first-order chi connectivity index (χ1) is 11.3. The third kappa shape index (κ3) is 4.47. The van der Waals surface area contributed by atoms with Crippen molar-refractivity contribution in [3.8, 4) is 0 Å². The Kier molecular flexibility index (Phi) is 5.51. The summed E-state index contributed by atoms with van der Waals surface area (Å²) in [6.07, 6.45) is 0. The molecule has 2 N–H and O–H groups in total. The van der Waals surface area contributed by atoms with Gasteiger partial charge >= 0.3 is 6.03 Å². The number of carbonyl (C=O) groups excluding carboxylic acids is 1. The molecule has 1 aromatic carbocycles. The molecule has 2 aromatic rings. The van der Waals surface area contributed by atoms with Crippen molar-refractivity contribution in [1.29, 1.82) is 0 Å². The second kappa shape index (κ2) is 8.00. The second-order valence-corrected chi connectivity index (χ2v) is 5.99. The molecule has 0 bridgehead atoms. The quantitative estimate of drug-likeness (QED) is 0.871. The third-order valence-electron chi connectivity index (χ3n) is 3.71. The van der Waals surface area contributed by atoms with E-state index in [4.69, 9.17) is 4.74 Å². The molecule has 1 aliphatic heterocycles. The van der Waals surface area contributed by atoms with Crippen LogP contribution in [0.3, 0.4) is 0 Å². The van der Waals surface area contributed by atoms with Gasteiger partial charge in [0.05, 0.1) is 19.3 Å². The first-order valence-electron chi connectivity index (χ1n) is 7.50. The molecule has 1 aromatic heterocycles. The monoisotopic (exact) mass is 333 g/mol. The minimum Gasteiger partial charge on any atom is -0.379 e. The molecule has 3 rings (SSSR count). The van der Waals surface area contributed by atoms with Gasteiger partial charge in [-0.2, -0.15) is 0 Å². The number of hydrogen-bond donors (Lipinski definition) is 2. The van der Waals surface area contributed by atoms with Gasteiger partial charge in [-0.05, 0) is 5.56 Å². The van der Waals surface area contributed by atoms with Gasteiger partial charge in [0.1, 0.15) is 5.51 Å². The summed E-state index contributed by atoms with van der Waals surface area (Å²) in [6, 6.07) is 10.1. The number of carbonyl (C=O) groups is 1. The van der Waals surface area contributed by atoms with Crippen molar-refractivity contribution in [1.82, 2.24) is 20.4 Å². The molecule has 0 saturated carbocycles. The van der Waals surface area contributed by atoms with Gasteiger partial charge in [0.15, 0.2) is 0 Å². The third-order valence-corrected chi connectivity index (χ3v) is 4.31. The highest BCUT2D eigenvalue weighted by molar-refractivity contribution is 7.13. The zero-order chi connectivity index (χ0) is 15.9. The number of morpholine rings is 1. The minimum atomic E-state index is -0.268. The van der Waals surface area contributed by atoms with Crippen molar-refractivity contribution >= 4 is 22.5 Å². The van der Waals surface area contributed by atoms with Gasteiger partial charge in [0, 0.05) is 19.6 Å². The summed E-state index contributed by atoms with van der Waals surface area (Å²) >= 11 is 1.29. The minimum absolute atomic E-state index is 0.125. The SMILES string of the molecule is O=C(NC[C@H](c1ccccc1)N1CCOCC1)Nc1nncs1. The summed E-state index contributed by atoms with van der Waals surface area (Å²) in [5, 5.41) is 13.6. The lowest BCUT2D eigenvalue weighted by atomic mass is 10.0. The Morgan fingerprint density at radius 1 is 1.30 bits per heavy atom. The molecule has 23 heavy (non-hydrogen) atoms. The molecule has 1 saturated heterocycles. The summed E-state index contributed by atoms with van der Waals surface area (Å²) in [4.78, 5) is 14.3. The predicted octanol–water partition coefficient (Wildman–Crippen LogP) is 1.73. The van der Waals surface area contributed by atoms with Gasteiger partial charge in [-0.3, -0.25) is 10.2 Å². The van der Waals surface area contributed by atoms with Crippen molar-refractivity contribution in [2.45, 2.75) is 6.04 Å². The summed E-state index contributed by atoms with van der Waals surface area (Å²) in [5.74, 6) is 0. The van der Waals surface area contributed by atoms with E-state index >= 15 is 0 Å². The van der Waals surface area contributed by atoms with Crippen LogP contribution in [0.25, 0.3) is 0 Å². The highest BCUT2D eigenvalue weighted by Crippen LogP contribution is 2.21. The van der Waals surface area contributed by atoms with E-state index in [0.29, 0.717) is 11.7 Å². The number of amides is 2. The second-order valence-electron chi connectivity index (χ2n) is 5.15. The molecule has 0 unspecified atom stereocenters. The lowest BCUT2D eigenvalue weighted by Crippen LogP contribution is -2.44. The maximum Gasteiger partial charge on any atom is 0.321 e. The van der Waals surface area contributed by atoms with E-state index in [9.17, 15) is 4.79 Å². The van der Waals surface area contributed by atoms with Gasteiger partial charge in [0.2, 0.25) is 5.13 Å². The number of benzene rings is 1. The van der Waals surface area contributed by atoms with Gasteiger partial charge in [-0.1, -0.05) is 41.7 Å². The smallest absolute Gasteiger partial charge is 0.321 e. The zero-order valence-corrected chi connectivity index (χ0v) is 13.5. The van der Waals surface area contributed by atoms with Gasteiger partial charge in [0.25, 0.3) is 0 Å². The van der Waals surface area contributed by atoms with E-state index < -0.39 is 0 Å². The molecule has 7 nitrogen and oxygen atoms in total. The molecular weight excluding hydrogens is 314 g/mol. The fourth-order valence-corrected chi connectivity index (χ4v) is 3.02. The summed E-state index contributed by atoms with van der Waals surface area (Å²) in [6.45, 7) is 3.69. The van der Waals surface area contributed by atoms with E-state index in [1.807, 2.05) is 18.2 Å². The van der Waals surface area contributed by atoms with Crippen molar-refractivity contribution in [3.63, 3.8) is 0 Å². The van der Waals surface area contributed by atoms with E-state index in [2.05, 4.69) is 37.9 Å². The molecule has 0 aliphatic carbocycles. The van der Waals surface area contributed by atoms with Crippen LogP contribution >= 0.6 is 11.3 Å². The number of anilines is 1. The normalized spacial score (nSPS) is 16.7. The molecule has 2 amide bonds. The van der Waals surface area contributed by atoms with E-state index in [0.717, 1.165) is 26.3 Å². The van der Waals surface area contributed by atoms with Crippen LogP contribution in [-0.2, 0) is 4.74 Å². The standard InChI is InChI=1S/C15H19N5O2S/c21-14(18-15-19-17-11-23-15)16-10-13(12-4-2-1-3-5-12)20-6-8-22-9-7-20/h1-5,11,13H,6-10H2,(H2,16,18,19,21)/t13-/m1/s1. The van der Waals surface area contributed by atoms with Crippen LogP contribution in [-0.4, -0.2) is 54.0 Å². The van der Waals surface area contributed by atoms with Crippen molar-refractivity contribution in [2.24, 2.45) is 0 Å². The van der Waals surface area contributed by atoms with Crippen LogP contribution in [0.15, 0.2) is 35.8 Å². The Bertz CT molecular complexity index is 602. The Balaban J connectivity index is 1.62. The van der Waals surface area contributed by atoms with E-state index in [-0.39, 0.29) is 12.1 Å². The van der Waals surface area contributed by atoms with Gasteiger partial charge in [-0.25, -0.2) is 4.79 Å². The molecule has 0 spiro atoms. The Hall–Kier alpha value is -2.03. The van der Waals surface area contributed by atoms with Gasteiger partial charge in [-0.15, -0.1) is 10.2 Å². The van der Waals surface area contributed by atoms with Gasteiger partial charge < -0.3 is 10.1 Å². The van der Waals surface area contributed by atoms with Crippen LogP contribution in [0.4, 0.5) is 9.93 Å². The largest absolute Gasteiger partial charge is 0.379 e. The molecule has 1 aliphatic rings. The van der Waals surface area contributed by atoms with Crippen molar-refractivity contribution in [3.05, 3.63) is 41.4 Å². The number of nitrogens with zero attached hydrogens (tertiary/aromatic N) is 3. The Morgan fingerprint density at radius 2 is 2.09 bits per heavy atom. The Labute approximate surface area is 138 Å². The molecule has 0 radical (unpaired) electrons. The van der Waals surface area contributed by atoms with Crippen LogP contribution in [0.1, 0.15) is 11.6 Å². The first kappa shape index (κ1) is 15.9. The van der Waals surface area contributed by atoms with Crippen LogP contribution < -0.4 is 10.6 Å². The molecular formula is C15H19N5O2S. The van der Waals surface area contributed by atoms with E-state index in [1.165, 1.54) is 16.9 Å². The number of ether oxygens (including phenoxy) is 1. The number of nitrogens with one attached hydrogen (secondary N) is 2. The Morgan fingerprint density at radius 3 is 2.78 bits per heavy atom. The average Bonchev–Trinajstić information content (AvgIpc) is 3.10. The topological polar surface area (TPSA) is 79.4 Å². The molecule has 1 fully saturated rings. The maximum atomic E-state index is 12.0. The summed E-state index contributed by atoms with van der Waals surface area (Å²) < 4.78 is 5.43. The summed E-state index contributed by atoms with van der Waals surface area (Å²) in [7, 11) is 0. The first-order valence-corrected chi connectivity index (χ1v) is 8.38. The maximum absolute atomic E-state index is 12.0. The lowest BCUT2D eigenvalue weighted by Gasteiger charge is -2.34. The molecule has 2 heterocycles. The van der Waals surface area contributed by atoms with Crippen molar-refractivity contribution < 1.29 is 9.53 Å². The van der Waals surface area contributed by atoms with Crippen molar-refractivity contribution in [2.75, 3.05) is 38.2 Å². The highest BCUT2D eigenvalue weighted by atomic mass is 32.1. The fourth-order valence-electron chi connectivity index (χ4n) is 2.58. The van der Waals surface area contributed by atoms with Crippen LogP contribution in [0, 0.1) is 0 Å². The molecule has 8 heteroatoms. The fraction of sp³-hybridized carbons (Fsp3) is 0.400. The lowest BCUT2D eigenvalue weighted by molar-refractivity contribution is 0.0168. The average molecular weight is 333 g/mol. The van der Waals surface area contributed by atoms with Crippen LogP contribution in [0.2, 0.25) is 0 Å². The number of urea groups is 1. The number of rotatable bonds is 5. The van der Waals surface area contributed by atoms with E-state index in [1.54, 1.807) is 5.51 Å². The number of hydrogen-bond acceptors (Lipinski definition) is 6. The molecule has 122 valence electrons. The zero-order valence-electron chi connectivity index (χ0n) is 12.6. The highest BCUT2D eigenvalue weighted by Gasteiger charge is 2.23. The summed E-state index contributed by atoms with van der Waals surface area (Å²) in [5.41, 5.74) is 2.77. The van der Waals surface area contributed by atoms with Crippen LogP contribution in [0.5, 0.6) is 0 Å². The predicted molar refractivity (Wildman–Crippen MR) is 88.5 cm³/mol.